The number of nitrogens with zero attached hydrogens (tertiary/aromatic N) is 6. The van der Waals surface area contributed by atoms with Crippen LogP contribution in [-0.2, 0) is 4.84 Å². The summed E-state index contributed by atoms with van der Waals surface area (Å²) in [6.45, 7) is -0.572. The number of hydrogen-bond acceptors (Lipinski definition) is 8. The van der Waals surface area contributed by atoms with Crippen LogP contribution in [0.15, 0.2) is 5.11 Å². The van der Waals surface area contributed by atoms with Crippen molar-refractivity contribution in [3.63, 3.8) is 0 Å². The third-order valence-corrected chi connectivity index (χ3v) is 1.64. The lowest BCUT2D eigenvalue weighted by atomic mass is 10.2. The van der Waals surface area contributed by atoms with Crippen molar-refractivity contribution in [2.24, 2.45) is 5.11 Å². The second-order valence-corrected chi connectivity index (χ2v) is 2.64. The molecule has 13 heteroatoms. The number of nitro groups is 2. The highest BCUT2D eigenvalue weighted by atomic mass is 16.9. The molecule has 0 aromatic heterocycles. The van der Waals surface area contributed by atoms with Gasteiger partial charge in [-0.15, -0.1) is 10.1 Å². The van der Waals surface area contributed by atoms with Crippen molar-refractivity contribution in [1.29, 1.82) is 0 Å². The fraction of sp³-hybridized carbons (Fsp3) is 1.00. The quantitative estimate of drug-likeness (QED) is 0.114. The first-order chi connectivity index (χ1) is 7.86. The first-order valence-corrected chi connectivity index (χ1v) is 3.99. The van der Waals surface area contributed by atoms with Gasteiger partial charge in [-0.05, 0) is 12.0 Å². The summed E-state index contributed by atoms with van der Waals surface area (Å²) in [4.78, 5) is 33.9. The van der Waals surface area contributed by atoms with E-state index in [4.69, 9.17) is 5.53 Å². The molecule has 0 amide bonds. The lowest BCUT2D eigenvalue weighted by molar-refractivity contribution is -0.797. The Labute approximate surface area is 92.0 Å². The molecule has 0 heterocycles. The van der Waals surface area contributed by atoms with Crippen LogP contribution in [0.2, 0.25) is 0 Å². The van der Waals surface area contributed by atoms with Gasteiger partial charge in [-0.25, -0.2) is 0 Å². The summed E-state index contributed by atoms with van der Waals surface area (Å²) in [7, 11) is 0. The average molecular weight is 250 g/mol. The maximum Gasteiger partial charge on any atom is 0.545 e. The molecule has 0 aromatic carbocycles. The number of rotatable bonds is 8. The van der Waals surface area contributed by atoms with Gasteiger partial charge in [-0.2, -0.15) is 0 Å². The molecule has 0 rings (SSSR count). The largest absolute Gasteiger partial charge is 0.545 e. The number of hydrogen-bond donors (Lipinski definition) is 0. The molecule has 0 saturated carbocycles. The van der Waals surface area contributed by atoms with Crippen LogP contribution in [0.5, 0.6) is 0 Å². The molecule has 0 radical (unpaired) electrons. The minimum absolute atomic E-state index is 0.387. The summed E-state index contributed by atoms with van der Waals surface area (Å²) in [5, 5.41) is 32.1. The number of azide groups is 1. The normalized spacial score (nSPS) is 10.1. The van der Waals surface area contributed by atoms with Crippen molar-refractivity contribution in [1.82, 2.24) is 0 Å². The second kappa shape index (κ2) is 6.02. The SMILES string of the molecule is [N-]=[N+]=NC(CCCO[N+](=O)[O-])([N+](=O)[O-])[N+](=O)[O-]. The highest BCUT2D eigenvalue weighted by Crippen LogP contribution is 2.20. The van der Waals surface area contributed by atoms with E-state index in [2.05, 4.69) is 9.95 Å². The Morgan fingerprint density at radius 3 is 2.12 bits per heavy atom. The topological polar surface area (TPSA) is 187 Å². The van der Waals surface area contributed by atoms with Crippen LogP contribution >= 0.6 is 0 Å². The monoisotopic (exact) mass is 250 g/mol. The van der Waals surface area contributed by atoms with Gasteiger partial charge in [0.25, 0.3) is 5.09 Å². The van der Waals surface area contributed by atoms with E-state index in [1.165, 1.54) is 0 Å². The van der Waals surface area contributed by atoms with Crippen molar-refractivity contribution in [2.45, 2.75) is 18.6 Å². The predicted molar refractivity (Wildman–Crippen MR) is 48.0 cm³/mol. The zero-order chi connectivity index (χ0) is 13.5. The maximum absolute atomic E-state index is 10.5. The molecule has 0 bridgehead atoms. The molecular weight excluding hydrogens is 244 g/mol. The Morgan fingerprint density at radius 2 is 1.76 bits per heavy atom. The molecule has 0 aromatic rings. The molecule has 0 unspecified atom stereocenters. The van der Waals surface area contributed by atoms with Gasteiger partial charge in [0.1, 0.15) is 9.85 Å². The van der Waals surface area contributed by atoms with Gasteiger partial charge in [0.05, 0.1) is 18.1 Å². The van der Waals surface area contributed by atoms with Crippen molar-refractivity contribution in [2.75, 3.05) is 6.61 Å². The highest BCUT2D eigenvalue weighted by Gasteiger charge is 2.55. The van der Waals surface area contributed by atoms with Crippen LogP contribution in [-0.4, -0.2) is 27.3 Å². The predicted octanol–water partition coefficient (Wildman–Crippen LogP) is 0.492. The van der Waals surface area contributed by atoms with E-state index in [1.807, 2.05) is 4.91 Å². The fourth-order valence-electron chi connectivity index (χ4n) is 0.892. The molecule has 0 fully saturated rings. The maximum atomic E-state index is 10.5. The van der Waals surface area contributed by atoms with E-state index in [9.17, 15) is 30.3 Å². The van der Waals surface area contributed by atoms with Crippen molar-refractivity contribution in [3.05, 3.63) is 40.8 Å². The zero-order valence-corrected chi connectivity index (χ0v) is 8.16. The van der Waals surface area contributed by atoms with Gasteiger partial charge in [0.15, 0.2) is 0 Å². The van der Waals surface area contributed by atoms with Crippen LogP contribution < -0.4 is 0 Å². The summed E-state index contributed by atoms with van der Waals surface area (Å²) in [6, 6.07) is 0. The summed E-state index contributed by atoms with van der Waals surface area (Å²) >= 11 is 0. The second-order valence-electron chi connectivity index (χ2n) is 2.64. The summed E-state index contributed by atoms with van der Waals surface area (Å²) < 4.78 is 0. The summed E-state index contributed by atoms with van der Waals surface area (Å²) in [5.41, 5.74) is 8.05. The lowest BCUT2D eigenvalue weighted by Gasteiger charge is -2.10. The van der Waals surface area contributed by atoms with Gasteiger partial charge >= 0.3 is 5.79 Å². The van der Waals surface area contributed by atoms with Gasteiger partial charge in [-0.3, -0.25) is 20.2 Å². The Hall–Kier alpha value is -2.69. The van der Waals surface area contributed by atoms with E-state index in [0.29, 0.717) is 0 Å². The van der Waals surface area contributed by atoms with E-state index in [-0.39, 0.29) is 6.42 Å². The standard InChI is InChI=1S/C4H6N6O7/c5-7-6-4(8(11)12,9(13)14)2-1-3-17-10(15)16/h1-3H2. The summed E-state index contributed by atoms with van der Waals surface area (Å²) in [6.07, 6.45) is -1.20. The summed E-state index contributed by atoms with van der Waals surface area (Å²) in [5.74, 6) is -3.06. The smallest absolute Gasteiger partial charge is 0.314 e. The van der Waals surface area contributed by atoms with Crippen LogP contribution in [0, 0.1) is 30.3 Å². The third kappa shape index (κ3) is 3.75. The van der Waals surface area contributed by atoms with Gasteiger partial charge in [-0.1, -0.05) is 0 Å². The van der Waals surface area contributed by atoms with Crippen LogP contribution in [0.1, 0.15) is 12.8 Å². The third-order valence-electron chi connectivity index (χ3n) is 1.64. The molecule has 94 valence electrons. The lowest BCUT2D eigenvalue weighted by Crippen LogP contribution is -2.44. The van der Waals surface area contributed by atoms with Gasteiger partial charge in [0.2, 0.25) is 0 Å². The molecule has 0 aliphatic heterocycles. The first kappa shape index (κ1) is 14.3. The van der Waals surface area contributed by atoms with Gasteiger partial charge in [0, 0.05) is 4.91 Å². The van der Waals surface area contributed by atoms with Crippen LogP contribution in [0.3, 0.4) is 0 Å². The molecule has 0 spiro atoms. The molecule has 0 N–H and O–H groups in total. The molecule has 13 nitrogen and oxygen atoms in total. The first-order valence-electron chi connectivity index (χ1n) is 3.99. The average Bonchev–Trinajstić information content (AvgIpc) is 2.21. The van der Waals surface area contributed by atoms with Crippen molar-refractivity contribution < 1.29 is 19.8 Å². The van der Waals surface area contributed by atoms with Crippen molar-refractivity contribution >= 4 is 0 Å². The van der Waals surface area contributed by atoms with E-state index < -0.39 is 33.7 Å². The van der Waals surface area contributed by atoms with E-state index in [0.717, 1.165) is 0 Å². The molecular formula is C4H6N6O7. The highest BCUT2D eigenvalue weighted by molar-refractivity contribution is 4.65. The molecule has 17 heavy (non-hydrogen) atoms. The van der Waals surface area contributed by atoms with Crippen LogP contribution in [0.4, 0.5) is 0 Å². The van der Waals surface area contributed by atoms with E-state index in [1.54, 1.807) is 0 Å². The Bertz CT molecular complexity index is 355. The Kier molecular flexibility index (Phi) is 5.06. The fourth-order valence-corrected chi connectivity index (χ4v) is 0.892. The molecule has 0 aliphatic carbocycles. The molecule has 0 saturated heterocycles. The Balaban J connectivity index is 4.71. The van der Waals surface area contributed by atoms with Crippen molar-refractivity contribution in [3.8, 4) is 0 Å². The van der Waals surface area contributed by atoms with E-state index >= 15 is 0 Å². The minimum Gasteiger partial charge on any atom is -0.314 e. The zero-order valence-electron chi connectivity index (χ0n) is 8.16. The van der Waals surface area contributed by atoms with Crippen LogP contribution in [0.25, 0.3) is 10.4 Å². The molecule has 0 aliphatic rings. The van der Waals surface area contributed by atoms with Gasteiger partial charge < -0.3 is 4.84 Å². The minimum atomic E-state index is -3.06. The molecule has 0 atom stereocenters. The Morgan fingerprint density at radius 1 is 1.24 bits per heavy atom.